The number of nitrogens with two attached hydrogens (primary N) is 2. The number of piperazine rings is 1. The second-order valence-corrected chi connectivity index (χ2v) is 10.3. The summed E-state index contributed by atoms with van der Waals surface area (Å²) in [6.07, 6.45) is 0. The van der Waals surface area contributed by atoms with Crippen molar-refractivity contribution >= 4 is 34.1 Å². The molecule has 1 aromatic heterocycles. The van der Waals surface area contributed by atoms with Crippen molar-refractivity contribution in [2.75, 3.05) is 52.8 Å². The molecule has 1 amide bonds. The summed E-state index contributed by atoms with van der Waals surface area (Å²) < 4.78 is 16.7. The Hall–Kier alpha value is -4.87. The lowest BCUT2D eigenvalue weighted by molar-refractivity contribution is 0.0998. The number of nitrogens with one attached hydrogen (secondary N) is 1. The Morgan fingerprint density at radius 3 is 2.21 bits per heavy atom. The SMILES string of the molecule is COc1ccc(CN2CCN(Cc3ccc4nc(C(=O)N=C(N)N)cc(Nc5ccccc5)c4c3)CC2)c(OC)c1OC. The Morgan fingerprint density at radius 1 is 0.860 bits per heavy atom. The zero-order chi connectivity index (χ0) is 30.3. The predicted molar refractivity (Wildman–Crippen MR) is 168 cm³/mol. The van der Waals surface area contributed by atoms with E-state index in [9.17, 15) is 4.79 Å². The van der Waals surface area contributed by atoms with E-state index in [1.54, 1.807) is 27.4 Å². The number of methoxy groups -OCH3 is 3. The zero-order valence-corrected chi connectivity index (χ0v) is 24.7. The molecule has 0 spiro atoms. The van der Waals surface area contributed by atoms with Crippen molar-refractivity contribution in [1.29, 1.82) is 0 Å². The van der Waals surface area contributed by atoms with E-state index >= 15 is 0 Å². The number of aromatic nitrogens is 1. The molecule has 4 aromatic rings. The zero-order valence-electron chi connectivity index (χ0n) is 24.7. The van der Waals surface area contributed by atoms with Crippen molar-refractivity contribution in [1.82, 2.24) is 14.8 Å². The molecular weight excluding hydrogens is 546 g/mol. The molecule has 11 heteroatoms. The second kappa shape index (κ2) is 13.4. The number of anilines is 2. The molecule has 3 aromatic carbocycles. The molecule has 0 bridgehead atoms. The minimum atomic E-state index is -0.592. The number of nitrogens with zero attached hydrogens (tertiary/aromatic N) is 4. The van der Waals surface area contributed by atoms with E-state index in [4.69, 9.17) is 25.7 Å². The Labute approximate surface area is 251 Å². The summed E-state index contributed by atoms with van der Waals surface area (Å²) in [5.74, 6) is 1.07. The third-order valence-corrected chi connectivity index (χ3v) is 7.43. The third kappa shape index (κ3) is 6.96. The Bertz CT molecular complexity index is 1620. The number of carbonyl (C=O) groups excluding carboxylic acids is 1. The van der Waals surface area contributed by atoms with Crippen LogP contribution in [0.3, 0.4) is 0 Å². The lowest BCUT2D eigenvalue weighted by atomic mass is 10.1. The van der Waals surface area contributed by atoms with E-state index in [-0.39, 0.29) is 11.7 Å². The van der Waals surface area contributed by atoms with E-state index < -0.39 is 5.91 Å². The first-order valence-corrected chi connectivity index (χ1v) is 14.0. The summed E-state index contributed by atoms with van der Waals surface area (Å²) in [4.78, 5) is 25.7. The fraction of sp³-hybridized carbons (Fsp3) is 0.281. The van der Waals surface area contributed by atoms with Gasteiger partial charge in [0.2, 0.25) is 5.75 Å². The minimum absolute atomic E-state index is 0.161. The number of rotatable bonds is 10. The van der Waals surface area contributed by atoms with Gasteiger partial charge in [0.15, 0.2) is 17.5 Å². The largest absolute Gasteiger partial charge is 0.493 e. The Morgan fingerprint density at radius 2 is 1.56 bits per heavy atom. The highest BCUT2D eigenvalue weighted by atomic mass is 16.5. The molecule has 2 heterocycles. The highest BCUT2D eigenvalue weighted by molar-refractivity contribution is 6.04. The molecule has 1 fully saturated rings. The molecule has 5 rings (SSSR count). The smallest absolute Gasteiger partial charge is 0.298 e. The van der Waals surface area contributed by atoms with Crippen LogP contribution in [0.1, 0.15) is 21.6 Å². The van der Waals surface area contributed by atoms with Crippen molar-refractivity contribution in [2.24, 2.45) is 16.5 Å². The quantitative estimate of drug-likeness (QED) is 0.187. The maximum atomic E-state index is 12.6. The molecule has 0 atom stereocenters. The molecule has 5 N–H and O–H groups in total. The van der Waals surface area contributed by atoms with Gasteiger partial charge in [0, 0.05) is 55.9 Å². The van der Waals surface area contributed by atoms with Crippen LogP contribution in [0.25, 0.3) is 10.9 Å². The van der Waals surface area contributed by atoms with Gasteiger partial charge in [-0.25, -0.2) is 4.98 Å². The van der Waals surface area contributed by atoms with Gasteiger partial charge >= 0.3 is 0 Å². The molecule has 224 valence electrons. The van der Waals surface area contributed by atoms with Gasteiger partial charge in [-0.15, -0.1) is 0 Å². The molecule has 0 unspecified atom stereocenters. The number of aliphatic imine (C=N–C) groups is 1. The van der Waals surface area contributed by atoms with Crippen LogP contribution in [0.5, 0.6) is 17.2 Å². The van der Waals surface area contributed by atoms with E-state index in [0.717, 1.165) is 67.2 Å². The van der Waals surface area contributed by atoms with Crippen molar-refractivity contribution in [3.8, 4) is 17.2 Å². The van der Waals surface area contributed by atoms with Gasteiger partial charge in [-0.1, -0.05) is 30.3 Å². The average Bonchev–Trinajstić information content (AvgIpc) is 3.02. The normalized spacial score (nSPS) is 13.8. The van der Waals surface area contributed by atoms with Crippen LogP contribution in [0.2, 0.25) is 0 Å². The third-order valence-electron chi connectivity index (χ3n) is 7.43. The topological polar surface area (TPSA) is 141 Å². The van der Waals surface area contributed by atoms with Gasteiger partial charge in [-0.2, -0.15) is 4.99 Å². The van der Waals surface area contributed by atoms with E-state index in [2.05, 4.69) is 37.2 Å². The van der Waals surface area contributed by atoms with Gasteiger partial charge in [0.05, 0.1) is 32.5 Å². The lowest BCUT2D eigenvalue weighted by Gasteiger charge is -2.35. The molecular formula is C32H37N7O4. The number of amides is 1. The lowest BCUT2D eigenvalue weighted by Crippen LogP contribution is -2.45. The number of benzene rings is 3. The minimum Gasteiger partial charge on any atom is -0.493 e. The first kappa shape index (κ1) is 29.6. The molecule has 43 heavy (non-hydrogen) atoms. The Balaban J connectivity index is 1.31. The van der Waals surface area contributed by atoms with Gasteiger partial charge in [-0.05, 0) is 42.0 Å². The molecule has 0 saturated carbocycles. The number of para-hydroxylation sites is 1. The van der Waals surface area contributed by atoms with Crippen LogP contribution >= 0.6 is 0 Å². The number of fused-ring (bicyclic) bond motifs is 1. The van der Waals surface area contributed by atoms with E-state index in [0.29, 0.717) is 22.8 Å². The summed E-state index contributed by atoms with van der Waals surface area (Å²) >= 11 is 0. The van der Waals surface area contributed by atoms with Crippen LogP contribution in [-0.2, 0) is 13.1 Å². The van der Waals surface area contributed by atoms with Crippen LogP contribution in [0.4, 0.5) is 11.4 Å². The number of ether oxygens (including phenoxy) is 3. The summed E-state index contributed by atoms with van der Waals surface area (Å²) in [6, 6.07) is 21.5. The average molecular weight is 584 g/mol. The van der Waals surface area contributed by atoms with E-state index in [1.807, 2.05) is 48.5 Å². The maximum absolute atomic E-state index is 12.6. The number of hydrogen-bond donors (Lipinski definition) is 3. The van der Waals surface area contributed by atoms with Gasteiger partial charge in [-0.3, -0.25) is 14.6 Å². The number of guanidine groups is 1. The molecule has 1 aliphatic heterocycles. The molecule has 1 saturated heterocycles. The summed E-state index contributed by atoms with van der Waals surface area (Å²) in [6.45, 7) is 5.24. The van der Waals surface area contributed by atoms with Crippen LogP contribution in [-0.4, -0.2) is 74.2 Å². The predicted octanol–water partition coefficient (Wildman–Crippen LogP) is 3.74. The number of hydrogen-bond acceptors (Lipinski definition) is 8. The van der Waals surface area contributed by atoms with Crippen molar-refractivity contribution < 1.29 is 19.0 Å². The highest BCUT2D eigenvalue weighted by Crippen LogP contribution is 2.40. The van der Waals surface area contributed by atoms with Crippen molar-refractivity contribution in [3.05, 3.63) is 83.6 Å². The highest BCUT2D eigenvalue weighted by Gasteiger charge is 2.22. The van der Waals surface area contributed by atoms with Gasteiger partial charge in [0.1, 0.15) is 5.69 Å². The van der Waals surface area contributed by atoms with Crippen molar-refractivity contribution in [2.45, 2.75) is 13.1 Å². The monoisotopic (exact) mass is 583 g/mol. The van der Waals surface area contributed by atoms with Crippen LogP contribution in [0, 0.1) is 0 Å². The molecule has 1 aliphatic rings. The van der Waals surface area contributed by atoms with E-state index in [1.165, 1.54) is 0 Å². The van der Waals surface area contributed by atoms with Crippen LogP contribution in [0.15, 0.2) is 71.7 Å². The Kier molecular flexibility index (Phi) is 9.23. The number of carbonyl (C=O) groups is 1. The summed E-state index contributed by atoms with van der Waals surface area (Å²) in [5.41, 5.74) is 15.6. The molecule has 0 radical (unpaired) electrons. The first-order chi connectivity index (χ1) is 20.9. The molecule has 0 aliphatic carbocycles. The summed E-state index contributed by atoms with van der Waals surface area (Å²) in [5, 5.41) is 4.33. The first-order valence-electron chi connectivity index (χ1n) is 14.0. The fourth-order valence-electron chi connectivity index (χ4n) is 5.33. The fourth-order valence-corrected chi connectivity index (χ4v) is 5.33. The molecule has 11 nitrogen and oxygen atoms in total. The van der Waals surface area contributed by atoms with Gasteiger partial charge < -0.3 is 31.0 Å². The maximum Gasteiger partial charge on any atom is 0.298 e. The van der Waals surface area contributed by atoms with Gasteiger partial charge in [0.25, 0.3) is 5.91 Å². The van der Waals surface area contributed by atoms with Crippen molar-refractivity contribution in [3.63, 3.8) is 0 Å². The summed E-state index contributed by atoms with van der Waals surface area (Å²) in [7, 11) is 4.90. The second-order valence-electron chi connectivity index (χ2n) is 10.3. The standard InChI is InChI=1S/C32H37N7O4/c1-41-28-12-10-22(29(42-2)30(28)43-3)20-39-15-13-38(14-16-39)19-21-9-11-25-24(17-21)26(35-23-7-5-4-6-8-23)18-27(36-25)31(40)37-32(33)34/h4-12,17-18H,13-16,19-20H2,1-3H3,(H,35,36)(H4,33,34,37,40). The van der Waals surface area contributed by atoms with Crippen LogP contribution < -0.4 is 31.0 Å². The number of pyridine rings is 1.